The van der Waals surface area contributed by atoms with Crippen LogP contribution in [0.5, 0.6) is 11.5 Å². The highest BCUT2D eigenvalue weighted by atomic mass is 35.5. The molecule has 3 heterocycles. The first-order valence-corrected chi connectivity index (χ1v) is 9.00. The molecule has 2 aromatic rings. The predicted octanol–water partition coefficient (Wildman–Crippen LogP) is 3.23. The van der Waals surface area contributed by atoms with E-state index < -0.39 is 0 Å². The van der Waals surface area contributed by atoms with Gasteiger partial charge >= 0.3 is 0 Å². The number of benzene rings is 1. The zero-order valence-electron chi connectivity index (χ0n) is 14.7. The molecular formula is C20H25ClN2O3. The highest BCUT2D eigenvalue weighted by molar-refractivity contribution is 5.85. The summed E-state index contributed by atoms with van der Waals surface area (Å²) in [4.78, 5) is 6.56. The molecule has 0 radical (unpaired) electrons. The lowest BCUT2D eigenvalue weighted by Gasteiger charge is -2.39. The lowest BCUT2D eigenvalue weighted by Crippen LogP contribution is -2.41. The van der Waals surface area contributed by atoms with Crippen molar-refractivity contribution < 1.29 is 14.6 Å². The summed E-state index contributed by atoms with van der Waals surface area (Å²) in [5.74, 6) is 1.66. The van der Waals surface area contributed by atoms with Gasteiger partial charge in [-0.05, 0) is 42.7 Å². The van der Waals surface area contributed by atoms with Crippen molar-refractivity contribution in [3.05, 3.63) is 54.4 Å². The van der Waals surface area contributed by atoms with Crippen LogP contribution >= 0.6 is 12.4 Å². The van der Waals surface area contributed by atoms with Crippen LogP contribution in [0.2, 0.25) is 0 Å². The van der Waals surface area contributed by atoms with Gasteiger partial charge in [-0.15, -0.1) is 12.4 Å². The highest BCUT2D eigenvalue weighted by Crippen LogP contribution is 2.33. The van der Waals surface area contributed by atoms with Crippen LogP contribution in [0.15, 0.2) is 48.8 Å². The summed E-state index contributed by atoms with van der Waals surface area (Å²) >= 11 is 0. The van der Waals surface area contributed by atoms with E-state index in [-0.39, 0.29) is 30.7 Å². The van der Waals surface area contributed by atoms with E-state index in [0.29, 0.717) is 6.61 Å². The quantitative estimate of drug-likeness (QED) is 0.887. The number of nitrogens with zero attached hydrogens (tertiary/aromatic N) is 2. The van der Waals surface area contributed by atoms with Crippen LogP contribution in [0.3, 0.4) is 0 Å². The average Bonchev–Trinajstić information content (AvgIpc) is 2.67. The maximum Gasteiger partial charge on any atom is 0.161 e. The Morgan fingerprint density at radius 2 is 1.88 bits per heavy atom. The molecule has 3 unspecified atom stereocenters. The predicted molar refractivity (Wildman–Crippen MR) is 102 cm³/mol. The van der Waals surface area contributed by atoms with Gasteiger partial charge in [-0.3, -0.25) is 9.88 Å². The van der Waals surface area contributed by atoms with Gasteiger partial charge in [0, 0.05) is 37.9 Å². The van der Waals surface area contributed by atoms with Gasteiger partial charge in [0.05, 0.1) is 6.10 Å². The van der Waals surface area contributed by atoms with Crippen LogP contribution in [0.1, 0.15) is 30.9 Å². The fraction of sp³-hybridized carbons (Fsp3) is 0.450. The summed E-state index contributed by atoms with van der Waals surface area (Å²) in [6.45, 7) is 2.42. The first-order valence-electron chi connectivity index (χ1n) is 9.00. The first-order chi connectivity index (χ1) is 12.3. The molecule has 5 nitrogen and oxygen atoms in total. The van der Waals surface area contributed by atoms with E-state index >= 15 is 0 Å². The second-order valence-corrected chi connectivity index (χ2v) is 6.80. The number of aliphatic hydroxyl groups is 1. The van der Waals surface area contributed by atoms with Crippen molar-refractivity contribution in [1.29, 1.82) is 0 Å². The molecular weight excluding hydrogens is 352 g/mol. The van der Waals surface area contributed by atoms with Crippen LogP contribution in [-0.2, 0) is 0 Å². The van der Waals surface area contributed by atoms with Crippen molar-refractivity contribution in [1.82, 2.24) is 9.88 Å². The van der Waals surface area contributed by atoms with Crippen LogP contribution < -0.4 is 9.47 Å². The second-order valence-electron chi connectivity index (χ2n) is 6.80. The van der Waals surface area contributed by atoms with Gasteiger partial charge in [0.25, 0.3) is 0 Å². The second kappa shape index (κ2) is 8.71. The minimum absolute atomic E-state index is 0. The van der Waals surface area contributed by atoms with Crippen molar-refractivity contribution in [3.63, 3.8) is 0 Å². The van der Waals surface area contributed by atoms with E-state index in [1.807, 2.05) is 48.8 Å². The maximum absolute atomic E-state index is 10.1. The molecule has 3 atom stereocenters. The van der Waals surface area contributed by atoms with E-state index in [4.69, 9.17) is 9.47 Å². The lowest BCUT2D eigenvalue weighted by molar-refractivity contribution is 0.0246. The zero-order valence-corrected chi connectivity index (χ0v) is 15.5. The molecule has 0 bridgehead atoms. The van der Waals surface area contributed by atoms with Crippen molar-refractivity contribution in [2.24, 2.45) is 0 Å². The van der Waals surface area contributed by atoms with Crippen LogP contribution in [0.25, 0.3) is 0 Å². The molecule has 0 amide bonds. The standard InChI is InChI=1S/C20H24N2O3.ClH/c23-16-7-11-22(18(13-16)15-5-9-21-10-6-15)12-8-17-14-24-19-3-1-2-4-20(19)25-17;/h1-6,9-10,16-18,23H,7-8,11-14H2;1H. The Balaban J connectivity index is 0.00000196. The van der Waals surface area contributed by atoms with Gasteiger partial charge in [-0.25, -0.2) is 0 Å². The molecule has 4 rings (SSSR count). The lowest BCUT2D eigenvalue weighted by atomic mass is 9.93. The van der Waals surface area contributed by atoms with E-state index in [0.717, 1.165) is 43.9 Å². The summed E-state index contributed by atoms with van der Waals surface area (Å²) in [5, 5.41) is 10.1. The number of ether oxygens (including phenoxy) is 2. The van der Waals surface area contributed by atoms with Crippen LogP contribution in [-0.4, -0.2) is 46.9 Å². The number of piperidine rings is 1. The Morgan fingerprint density at radius 3 is 2.69 bits per heavy atom. The smallest absolute Gasteiger partial charge is 0.161 e. The number of aromatic nitrogens is 1. The van der Waals surface area contributed by atoms with Gasteiger partial charge in [0.2, 0.25) is 0 Å². The molecule has 2 aliphatic rings. The third kappa shape index (κ3) is 4.29. The Labute approximate surface area is 160 Å². The number of halogens is 1. The largest absolute Gasteiger partial charge is 0.486 e. The topological polar surface area (TPSA) is 54.8 Å². The SMILES string of the molecule is Cl.OC1CCN(CCC2COc3ccccc3O2)C(c2ccncc2)C1. The summed E-state index contributed by atoms with van der Waals surface area (Å²) in [6.07, 6.45) is 6.00. The number of fused-ring (bicyclic) bond motifs is 1. The molecule has 1 saturated heterocycles. The van der Waals surface area contributed by atoms with Crippen LogP contribution in [0, 0.1) is 0 Å². The Morgan fingerprint density at radius 1 is 1.12 bits per heavy atom. The van der Waals surface area contributed by atoms with Gasteiger partial charge in [-0.2, -0.15) is 0 Å². The van der Waals surface area contributed by atoms with E-state index in [1.165, 1.54) is 5.56 Å². The zero-order chi connectivity index (χ0) is 17.1. The number of rotatable bonds is 4. The average molecular weight is 377 g/mol. The highest BCUT2D eigenvalue weighted by Gasteiger charge is 2.30. The molecule has 2 aliphatic heterocycles. The maximum atomic E-state index is 10.1. The normalized spacial score (nSPS) is 25.3. The fourth-order valence-electron chi connectivity index (χ4n) is 3.71. The third-order valence-electron chi connectivity index (χ3n) is 5.08. The number of hydrogen-bond acceptors (Lipinski definition) is 5. The van der Waals surface area contributed by atoms with E-state index in [2.05, 4.69) is 9.88 Å². The molecule has 0 aliphatic carbocycles. The summed E-state index contributed by atoms with van der Waals surface area (Å²) < 4.78 is 11.9. The number of para-hydroxylation sites is 2. The summed E-state index contributed by atoms with van der Waals surface area (Å²) in [7, 11) is 0. The van der Waals surface area contributed by atoms with Crippen LogP contribution in [0.4, 0.5) is 0 Å². The van der Waals surface area contributed by atoms with Crippen molar-refractivity contribution >= 4 is 12.4 Å². The number of aliphatic hydroxyl groups excluding tert-OH is 1. The Bertz CT molecular complexity index is 700. The summed E-state index contributed by atoms with van der Waals surface area (Å²) in [5.41, 5.74) is 1.22. The Hall–Kier alpha value is -1.82. The molecule has 1 fully saturated rings. The molecule has 6 heteroatoms. The van der Waals surface area contributed by atoms with Crippen molar-refractivity contribution in [2.75, 3.05) is 19.7 Å². The minimum Gasteiger partial charge on any atom is -0.486 e. The summed E-state index contributed by atoms with van der Waals surface area (Å²) in [6, 6.07) is 12.2. The monoisotopic (exact) mass is 376 g/mol. The molecule has 140 valence electrons. The molecule has 1 aromatic heterocycles. The van der Waals surface area contributed by atoms with Gasteiger partial charge in [0.1, 0.15) is 12.7 Å². The molecule has 1 aromatic carbocycles. The van der Waals surface area contributed by atoms with Gasteiger partial charge in [0.15, 0.2) is 11.5 Å². The van der Waals surface area contributed by atoms with E-state index in [1.54, 1.807) is 0 Å². The molecule has 0 saturated carbocycles. The third-order valence-corrected chi connectivity index (χ3v) is 5.08. The van der Waals surface area contributed by atoms with E-state index in [9.17, 15) is 5.11 Å². The minimum atomic E-state index is -0.226. The van der Waals surface area contributed by atoms with Gasteiger partial charge in [-0.1, -0.05) is 12.1 Å². The van der Waals surface area contributed by atoms with Gasteiger partial charge < -0.3 is 14.6 Å². The van der Waals surface area contributed by atoms with Crippen molar-refractivity contribution in [2.45, 2.75) is 37.5 Å². The van der Waals surface area contributed by atoms with Crippen molar-refractivity contribution in [3.8, 4) is 11.5 Å². The molecule has 26 heavy (non-hydrogen) atoms. The number of pyridine rings is 1. The fourth-order valence-corrected chi connectivity index (χ4v) is 3.71. The number of likely N-dealkylation sites (tertiary alicyclic amines) is 1. The first kappa shape index (κ1) is 19.0. The Kier molecular flexibility index (Phi) is 6.35. The molecule has 1 N–H and O–H groups in total. The molecule has 0 spiro atoms. The number of hydrogen-bond donors (Lipinski definition) is 1.